The van der Waals surface area contributed by atoms with E-state index in [-0.39, 0.29) is 32.4 Å². The van der Waals surface area contributed by atoms with Gasteiger partial charge in [0.1, 0.15) is 55.6 Å². The number of ether oxygens (including phenoxy) is 5. The summed E-state index contributed by atoms with van der Waals surface area (Å²) in [7, 11) is 1.37. The Morgan fingerprint density at radius 1 is 0.946 bits per heavy atom. The molecular formula is C19H34ClN3O14. The Morgan fingerprint density at radius 2 is 1.62 bits per heavy atom. The smallest absolute Gasteiger partial charge is 0.345 e. The molecule has 216 valence electrons. The first-order chi connectivity index (χ1) is 17.7. The van der Waals surface area contributed by atoms with Crippen LogP contribution in [0, 0.1) is 4.91 Å². The van der Waals surface area contributed by atoms with Crippen molar-refractivity contribution in [3.05, 3.63) is 4.91 Å². The van der Waals surface area contributed by atoms with Crippen LogP contribution in [0.15, 0.2) is 5.29 Å². The molecule has 0 radical (unpaired) electrons. The lowest BCUT2D eigenvalue weighted by atomic mass is 9.96. The maximum atomic E-state index is 13.0. The summed E-state index contributed by atoms with van der Waals surface area (Å²) >= 11 is 5.61. The number of alkyl halides is 1. The van der Waals surface area contributed by atoms with Crippen LogP contribution in [-0.4, -0.2) is 166 Å². The molecule has 2 heterocycles. The molecule has 0 bridgehead atoms. The second kappa shape index (κ2) is 15.3. The molecule has 2 aliphatic heterocycles. The molecular weight excluding hydrogens is 530 g/mol. The highest BCUT2D eigenvalue weighted by molar-refractivity contribution is 6.18. The van der Waals surface area contributed by atoms with Gasteiger partial charge >= 0.3 is 6.03 Å². The van der Waals surface area contributed by atoms with Gasteiger partial charge in [-0.15, -0.1) is 16.5 Å². The largest absolute Gasteiger partial charge is 0.394 e. The molecule has 0 aliphatic carbocycles. The zero-order chi connectivity index (χ0) is 27.7. The van der Waals surface area contributed by atoms with Crippen LogP contribution in [0.2, 0.25) is 0 Å². The van der Waals surface area contributed by atoms with Crippen LogP contribution in [0.4, 0.5) is 4.79 Å². The predicted octanol–water partition coefficient (Wildman–Crippen LogP) is -4.12. The molecule has 0 saturated carbocycles. The van der Waals surface area contributed by atoms with Gasteiger partial charge in [0.05, 0.1) is 31.7 Å². The minimum atomic E-state index is -1.89. The Labute approximate surface area is 216 Å². The fraction of sp³-hybridized carbons (Fsp3) is 0.947. The average Bonchev–Trinajstić information content (AvgIpc) is 2.90. The number of aliphatic hydroxyl groups excluding tert-OH is 7. The zero-order valence-corrected chi connectivity index (χ0v) is 20.7. The third kappa shape index (κ3) is 7.63. The third-order valence-electron chi connectivity index (χ3n) is 5.83. The molecule has 10 atom stereocenters. The predicted molar refractivity (Wildman–Crippen MR) is 120 cm³/mol. The standard InChI is InChI=1S/C19H34ClN3O14/c1-33-8-34-5-4-22(19(31)23(21-32)3-2-20)17-14(29)13(28)16(10(7-25)35-17)37-18-15(30)12(27)11(26)9(6-24)36-18/h9-18,24-30H,2-8H2,1H3/t9-,10-,11-,12+,13-,14-,15-,16-,17?,18-/m1/s1. The van der Waals surface area contributed by atoms with E-state index >= 15 is 0 Å². The van der Waals surface area contributed by atoms with Gasteiger partial charge in [0.15, 0.2) is 12.5 Å². The lowest BCUT2D eigenvalue weighted by Gasteiger charge is -2.48. The van der Waals surface area contributed by atoms with Crippen molar-refractivity contribution in [2.75, 3.05) is 52.7 Å². The number of halogens is 1. The van der Waals surface area contributed by atoms with E-state index < -0.39 is 80.6 Å². The van der Waals surface area contributed by atoms with E-state index in [2.05, 4.69) is 5.29 Å². The highest BCUT2D eigenvalue weighted by Gasteiger charge is 2.52. The second-order valence-electron chi connectivity index (χ2n) is 8.21. The van der Waals surface area contributed by atoms with Gasteiger partial charge in [0, 0.05) is 19.5 Å². The van der Waals surface area contributed by atoms with Crippen LogP contribution in [-0.2, 0) is 23.7 Å². The van der Waals surface area contributed by atoms with Gasteiger partial charge in [-0.25, -0.2) is 4.79 Å². The lowest BCUT2D eigenvalue weighted by molar-refractivity contribution is -0.347. The van der Waals surface area contributed by atoms with Crippen molar-refractivity contribution in [2.45, 2.75) is 61.3 Å². The normalized spacial score (nSPS) is 36.2. The highest BCUT2D eigenvalue weighted by atomic mass is 35.5. The summed E-state index contributed by atoms with van der Waals surface area (Å²) in [6, 6.07) is -1.04. The third-order valence-corrected chi connectivity index (χ3v) is 5.99. The summed E-state index contributed by atoms with van der Waals surface area (Å²) in [4.78, 5) is 25.0. The number of carbonyl (C=O) groups is 1. The van der Waals surface area contributed by atoms with Crippen molar-refractivity contribution in [1.82, 2.24) is 9.91 Å². The van der Waals surface area contributed by atoms with Crippen LogP contribution in [0.3, 0.4) is 0 Å². The van der Waals surface area contributed by atoms with Crippen LogP contribution >= 0.6 is 11.6 Å². The highest BCUT2D eigenvalue weighted by Crippen LogP contribution is 2.30. The van der Waals surface area contributed by atoms with Crippen molar-refractivity contribution < 1.29 is 64.2 Å². The van der Waals surface area contributed by atoms with E-state index in [1.165, 1.54) is 7.11 Å². The maximum absolute atomic E-state index is 13.0. The number of hydrogen-bond acceptors (Lipinski definition) is 15. The molecule has 1 unspecified atom stereocenters. The van der Waals surface area contributed by atoms with Crippen molar-refractivity contribution in [1.29, 1.82) is 0 Å². The minimum absolute atomic E-state index is 0.135. The van der Waals surface area contributed by atoms with E-state index in [0.29, 0.717) is 5.01 Å². The van der Waals surface area contributed by atoms with E-state index in [1.807, 2.05) is 0 Å². The molecule has 0 aromatic carbocycles. The number of urea groups is 1. The molecule has 0 aromatic heterocycles. The van der Waals surface area contributed by atoms with E-state index in [0.717, 1.165) is 4.90 Å². The first kappa shape index (κ1) is 31.9. The van der Waals surface area contributed by atoms with Gasteiger partial charge in [0.25, 0.3) is 0 Å². The van der Waals surface area contributed by atoms with Crippen LogP contribution in [0.25, 0.3) is 0 Å². The minimum Gasteiger partial charge on any atom is -0.394 e. The molecule has 37 heavy (non-hydrogen) atoms. The molecule has 7 N–H and O–H groups in total. The first-order valence-corrected chi connectivity index (χ1v) is 11.8. The molecule has 2 saturated heterocycles. The number of amides is 2. The van der Waals surface area contributed by atoms with Gasteiger partial charge < -0.3 is 59.4 Å². The van der Waals surface area contributed by atoms with Gasteiger partial charge in [-0.1, -0.05) is 0 Å². The number of rotatable bonds is 13. The summed E-state index contributed by atoms with van der Waals surface area (Å²) in [6.45, 7) is -2.40. The topological polar surface area (TPSA) is 241 Å². The van der Waals surface area contributed by atoms with Gasteiger partial charge in [-0.05, 0) is 0 Å². The Balaban J connectivity index is 2.25. The molecule has 17 nitrogen and oxygen atoms in total. The van der Waals surface area contributed by atoms with Crippen molar-refractivity contribution in [2.24, 2.45) is 5.29 Å². The Bertz CT molecular complexity index is 709. The number of nitrogens with zero attached hydrogens (tertiary/aromatic N) is 3. The quantitative estimate of drug-likeness (QED) is 0.0370. The fourth-order valence-electron chi connectivity index (χ4n) is 3.86. The number of aliphatic hydroxyl groups is 7. The van der Waals surface area contributed by atoms with Gasteiger partial charge in [-0.2, -0.15) is 5.01 Å². The summed E-state index contributed by atoms with van der Waals surface area (Å²) in [5.41, 5.74) is 0. The molecule has 2 fully saturated rings. The second-order valence-corrected chi connectivity index (χ2v) is 8.59. The van der Waals surface area contributed by atoms with Crippen molar-refractivity contribution >= 4 is 17.6 Å². The Morgan fingerprint density at radius 3 is 2.19 bits per heavy atom. The Kier molecular flexibility index (Phi) is 13.2. The lowest BCUT2D eigenvalue weighted by Crippen LogP contribution is -2.67. The Hall–Kier alpha value is -1.32. The monoisotopic (exact) mass is 563 g/mol. The van der Waals surface area contributed by atoms with Crippen molar-refractivity contribution in [3.8, 4) is 0 Å². The molecule has 2 rings (SSSR count). The molecule has 18 heteroatoms. The van der Waals surface area contributed by atoms with Gasteiger partial charge in [-0.3, -0.25) is 4.90 Å². The number of nitroso groups, excluding NO2 is 1. The molecule has 0 aromatic rings. The van der Waals surface area contributed by atoms with E-state index in [4.69, 9.17) is 35.3 Å². The SMILES string of the molecule is COCOCCN(C(=O)N(CCCl)N=O)C1O[C@H](CO)[C@@H](O[C@H]2O[C@H](CO)[C@@H](O)[C@H](O)[C@H]2O)[C@H](O)[C@H]1O. The van der Waals surface area contributed by atoms with Gasteiger partial charge in [0.2, 0.25) is 0 Å². The van der Waals surface area contributed by atoms with Crippen molar-refractivity contribution in [3.63, 3.8) is 0 Å². The summed E-state index contributed by atoms with van der Waals surface area (Å²) < 4.78 is 26.3. The zero-order valence-electron chi connectivity index (χ0n) is 19.9. The summed E-state index contributed by atoms with van der Waals surface area (Å²) in [5.74, 6) is -0.142. The molecule has 2 aliphatic rings. The molecule has 2 amide bonds. The van der Waals surface area contributed by atoms with E-state index in [9.17, 15) is 45.4 Å². The first-order valence-electron chi connectivity index (χ1n) is 11.3. The van der Waals surface area contributed by atoms with Crippen LogP contribution in [0.5, 0.6) is 0 Å². The van der Waals surface area contributed by atoms with Crippen LogP contribution < -0.4 is 0 Å². The molecule has 0 spiro atoms. The van der Waals surface area contributed by atoms with Crippen LogP contribution in [0.1, 0.15) is 0 Å². The fourth-order valence-corrected chi connectivity index (χ4v) is 4.02. The number of methoxy groups -OCH3 is 1. The summed E-state index contributed by atoms with van der Waals surface area (Å²) in [5, 5.41) is 74.1. The number of hydrogen-bond donors (Lipinski definition) is 7. The maximum Gasteiger partial charge on any atom is 0.345 e. The van der Waals surface area contributed by atoms with E-state index in [1.54, 1.807) is 0 Å². The number of carbonyl (C=O) groups excluding carboxylic acids is 1. The average molecular weight is 564 g/mol. The summed E-state index contributed by atoms with van der Waals surface area (Å²) in [6.07, 6.45) is -16.7.